The van der Waals surface area contributed by atoms with E-state index in [9.17, 15) is 24.6 Å². The molecule has 1 fully saturated rings. The SMILES string of the molecule is CC1(C)CC(=O)C([C@H](C2=C(O)CC(C)(C)CC2=O)c2ccccc2O)C(=O)C1. The van der Waals surface area contributed by atoms with Crippen LogP contribution < -0.4 is 0 Å². The fourth-order valence-electron chi connectivity index (χ4n) is 4.68. The number of ketones is 3. The monoisotopic (exact) mass is 384 g/mol. The smallest absolute Gasteiger partial charge is 0.163 e. The molecule has 0 aliphatic heterocycles. The number of phenolic OH excluding ortho intramolecular Hbond substituents is 1. The fourth-order valence-corrected chi connectivity index (χ4v) is 4.68. The van der Waals surface area contributed by atoms with Crippen molar-refractivity contribution in [3.05, 3.63) is 41.2 Å². The molecule has 0 bridgehead atoms. The van der Waals surface area contributed by atoms with E-state index >= 15 is 0 Å². The van der Waals surface area contributed by atoms with Crippen LogP contribution in [0, 0.1) is 16.7 Å². The van der Waals surface area contributed by atoms with Gasteiger partial charge in [0.15, 0.2) is 5.78 Å². The normalized spacial score (nSPS) is 23.8. The van der Waals surface area contributed by atoms with Gasteiger partial charge in [-0.15, -0.1) is 0 Å². The quantitative estimate of drug-likeness (QED) is 0.760. The summed E-state index contributed by atoms with van der Waals surface area (Å²) in [7, 11) is 0. The van der Waals surface area contributed by atoms with Crippen LogP contribution in [0.1, 0.15) is 64.9 Å². The van der Waals surface area contributed by atoms with Crippen LogP contribution in [0.4, 0.5) is 0 Å². The summed E-state index contributed by atoms with van der Waals surface area (Å²) in [4.78, 5) is 39.0. The molecule has 2 aliphatic rings. The minimum Gasteiger partial charge on any atom is -0.512 e. The highest BCUT2D eigenvalue weighted by Crippen LogP contribution is 2.48. The number of carbonyl (C=O) groups is 3. The van der Waals surface area contributed by atoms with Gasteiger partial charge in [0.2, 0.25) is 0 Å². The van der Waals surface area contributed by atoms with Gasteiger partial charge < -0.3 is 10.2 Å². The number of aliphatic hydroxyl groups excluding tert-OH is 1. The van der Waals surface area contributed by atoms with E-state index in [-0.39, 0.29) is 53.7 Å². The highest BCUT2D eigenvalue weighted by atomic mass is 16.3. The van der Waals surface area contributed by atoms with Gasteiger partial charge in [0.25, 0.3) is 0 Å². The number of aliphatic hydroxyl groups is 1. The van der Waals surface area contributed by atoms with Crippen molar-refractivity contribution in [2.24, 2.45) is 16.7 Å². The summed E-state index contributed by atoms with van der Waals surface area (Å²) in [5.74, 6) is -2.95. The van der Waals surface area contributed by atoms with Gasteiger partial charge in [0.1, 0.15) is 23.1 Å². The van der Waals surface area contributed by atoms with E-state index in [1.165, 1.54) is 6.07 Å². The fraction of sp³-hybridized carbons (Fsp3) is 0.522. The number of allylic oxidation sites excluding steroid dienone is 2. The number of benzene rings is 1. The molecule has 0 heterocycles. The molecule has 5 heteroatoms. The second kappa shape index (κ2) is 6.87. The number of rotatable bonds is 3. The van der Waals surface area contributed by atoms with Crippen molar-refractivity contribution in [1.29, 1.82) is 0 Å². The molecule has 1 atom stereocenters. The predicted octanol–water partition coefficient (Wildman–Crippen LogP) is 4.25. The molecule has 0 aromatic heterocycles. The van der Waals surface area contributed by atoms with E-state index in [0.29, 0.717) is 12.0 Å². The second-order valence-electron chi connectivity index (χ2n) is 9.77. The standard InChI is InChI=1S/C23H28O5/c1-22(2)9-15(25)20(16(26)10-22)19(13-7-5-6-8-14(13)24)21-17(27)11-23(3,4)12-18(21)28/h5-8,19-20,24,27H,9-12H2,1-4H3/t19-/m1/s1. The number of Topliss-reactive ketones (excluding diaryl/α,β-unsaturated/α-hetero) is 3. The van der Waals surface area contributed by atoms with Gasteiger partial charge >= 0.3 is 0 Å². The predicted molar refractivity (Wildman–Crippen MR) is 105 cm³/mol. The zero-order chi connectivity index (χ0) is 20.9. The van der Waals surface area contributed by atoms with Gasteiger partial charge in [0.05, 0.1) is 5.92 Å². The van der Waals surface area contributed by atoms with E-state index in [1.807, 2.05) is 27.7 Å². The van der Waals surface area contributed by atoms with E-state index in [4.69, 9.17) is 0 Å². The van der Waals surface area contributed by atoms with Gasteiger partial charge in [-0.05, 0) is 16.9 Å². The van der Waals surface area contributed by atoms with Crippen LogP contribution in [0.3, 0.4) is 0 Å². The Kier molecular flexibility index (Phi) is 4.98. The molecular weight excluding hydrogens is 356 g/mol. The molecule has 0 amide bonds. The van der Waals surface area contributed by atoms with Crippen LogP contribution in [-0.4, -0.2) is 27.6 Å². The summed E-state index contributed by atoms with van der Waals surface area (Å²) >= 11 is 0. The topological polar surface area (TPSA) is 91.7 Å². The third kappa shape index (κ3) is 3.75. The van der Waals surface area contributed by atoms with Crippen molar-refractivity contribution in [1.82, 2.24) is 0 Å². The minimum absolute atomic E-state index is 0.0834. The van der Waals surface area contributed by atoms with Crippen LogP contribution in [-0.2, 0) is 14.4 Å². The van der Waals surface area contributed by atoms with Crippen LogP contribution in [0.5, 0.6) is 5.75 Å². The zero-order valence-electron chi connectivity index (χ0n) is 16.9. The molecule has 2 N–H and O–H groups in total. The Bertz CT molecular complexity index is 855. The molecule has 1 saturated carbocycles. The van der Waals surface area contributed by atoms with Crippen LogP contribution in [0.2, 0.25) is 0 Å². The molecule has 1 aromatic rings. The maximum Gasteiger partial charge on any atom is 0.163 e. The Morgan fingerprint density at radius 2 is 1.39 bits per heavy atom. The number of aromatic hydroxyl groups is 1. The Morgan fingerprint density at radius 3 is 1.93 bits per heavy atom. The molecule has 150 valence electrons. The average Bonchev–Trinajstić information content (AvgIpc) is 2.50. The third-order valence-electron chi connectivity index (χ3n) is 5.81. The molecule has 0 radical (unpaired) electrons. The molecule has 0 unspecified atom stereocenters. The summed E-state index contributed by atoms with van der Waals surface area (Å²) < 4.78 is 0. The maximum atomic E-state index is 13.0. The highest BCUT2D eigenvalue weighted by Gasteiger charge is 2.49. The number of hydrogen-bond acceptors (Lipinski definition) is 5. The van der Waals surface area contributed by atoms with E-state index in [2.05, 4.69) is 0 Å². The Hall–Kier alpha value is -2.43. The second-order valence-corrected chi connectivity index (χ2v) is 9.77. The lowest BCUT2D eigenvalue weighted by atomic mass is 9.62. The third-order valence-corrected chi connectivity index (χ3v) is 5.81. The molecular formula is C23H28O5. The van der Waals surface area contributed by atoms with Crippen molar-refractivity contribution in [2.45, 2.75) is 59.3 Å². The minimum atomic E-state index is -1.07. The molecule has 2 aliphatic carbocycles. The summed E-state index contributed by atoms with van der Waals surface area (Å²) in [5, 5.41) is 21.2. The number of carbonyl (C=O) groups excluding carboxylic acids is 3. The highest BCUT2D eigenvalue weighted by molar-refractivity contribution is 6.09. The summed E-state index contributed by atoms with van der Waals surface area (Å²) in [6.45, 7) is 7.54. The summed E-state index contributed by atoms with van der Waals surface area (Å²) in [6, 6.07) is 6.43. The molecule has 3 rings (SSSR count). The van der Waals surface area contributed by atoms with Gasteiger partial charge in [-0.2, -0.15) is 0 Å². The first-order valence-electron chi connectivity index (χ1n) is 9.70. The lowest BCUT2D eigenvalue weighted by Crippen LogP contribution is -2.43. The first-order valence-corrected chi connectivity index (χ1v) is 9.70. The summed E-state index contributed by atoms with van der Waals surface area (Å²) in [5.41, 5.74) is -0.379. The number of para-hydroxylation sites is 1. The molecule has 0 spiro atoms. The first-order chi connectivity index (χ1) is 12.9. The van der Waals surface area contributed by atoms with Crippen LogP contribution in [0.25, 0.3) is 0 Å². The molecule has 0 saturated heterocycles. The van der Waals surface area contributed by atoms with E-state index in [0.717, 1.165) is 0 Å². The van der Waals surface area contributed by atoms with Crippen molar-refractivity contribution >= 4 is 17.3 Å². The van der Waals surface area contributed by atoms with Crippen LogP contribution in [0.15, 0.2) is 35.6 Å². The Morgan fingerprint density at radius 1 is 0.857 bits per heavy atom. The zero-order valence-corrected chi connectivity index (χ0v) is 16.9. The van der Waals surface area contributed by atoms with Crippen molar-refractivity contribution in [3.63, 3.8) is 0 Å². The molecule has 28 heavy (non-hydrogen) atoms. The van der Waals surface area contributed by atoms with Gasteiger partial charge in [-0.3, -0.25) is 14.4 Å². The Balaban J connectivity index is 2.18. The largest absolute Gasteiger partial charge is 0.512 e. The Labute approximate surface area is 165 Å². The number of phenols is 1. The van der Waals surface area contributed by atoms with Crippen LogP contribution >= 0.6 is 0 Å². The van der Waals surface area contributed by atoms with Gasteiger partial charge in [-0.25, -0.2) is 0 Å². The first kappa shape index (κ1) is 20.3. The summed E-state index contributed by atoms with van der Waals surface area (Å²) in [6.07, 6.45) is 0.957. The average molecular weight is 384 g/mol. The van der Waals surface area contributed by atoms with E-state index < -0.39 is 22.7 Å². The number of hydrogen-bond donors (Lipinski definition) is 2. The lowest BCUT2D eigenvalue weighted by Gasteiger charge is -2.39. The van der Waals surface area contributed by atoms with Crippen molar-refractivity contribution in [3.8, 4) is 5.75 Å². The van der Waals surface area contributed by atoms with Crippen molar-refractivity contribution < 1.29 is 24.6 Å². The molecule has 5 nitrogen and oxygen atoms in total. The maximum absolute atomic E-state index is 13.0. The lowest BCUT2D eigenvalue weighted by molar-refractivity contribution is -0.140. The van der Waals surface area contributed by atoms with Gasteiger partial charge in [0, 0.05) is 42.7 Å². The van der Waals surface area contributed by atoms with Crippen molar-refractivity contribution in [2.75, 3.05) is 0 Å². The van der Waals surface area contributed by atoms with Gasteiger partial charge in [-0.1, -0.05) is 45.9 Å². The molecule has 1 aromatic carbocycles. The van der Waals surface area contributed by atoms with E-state index in [1.54, 1.807) is 18.2 Å².